The van der Waals surface area contributed by atoms with Gasteiger partial charge in [0.15, 0.2) is 0 Å². The average molecular weight is 178 g/mol. The van der Waals surface area contributed by atoms with Gasteiger partial charge in [0.25, 0.3) is 0 Å². The Kier molecular flexibility index (Phi) is 3.93. The molecule has 2 atom stereocenters. The standard InChI is InChI=1S/C11H18N2/c1-3-11(9(2)13-12)10-7-5-4-6-8-10/h4-9,11,13H,3,12H2,1-2H3. The van der Waals surface area contributed by atoms with Crippen LogP contribution in [-0.4, -0.2) is 6.04 Å². The monoisotopic (exact) mass is 178 g/mol. The van der Waals surface area contributed by atoms with E-state index < -0.39 is 0 Å². The maximum Gasteiger partial charge on any atom is 0.0250 e. The third-order valence-electron chi connectivity index (χ3n) is 2.53. The lowest BCUT2D eigenvalue weighted by molar-refractivity contribution is 0.460. The van der Waals surface area contributed by atoms with E-state index in [1.165, 1.54) is 5.56 Å². The Hall–Kier alpha value is -0.860. The third kappa shape index (κ3) is 2.54. The SMILES string of the molecule is CCC(c1ccccc1)C(C)NN. The summed E-state index contributed by atoms with van der Waals surface area (Å²) in [6.07, 6.45) is 1.11. The minimum Gasteiger partial charge on any atom is -0.271 e. The van der Waals surface area contributed by atoms with E-state index in [2.05, 4.69) is 43.5 Å². The second kappa shape index (κ2) is 5.00. The van der Waals surface area contributed by atoms with Gasteiger partial charge in [-0.05, 0) is 18.9 Å². The van der Waals surface area contributed by atoms with Crippen LogP contribution in [-0.2, 0) is 0 Å². The largest absolute Gasteiger partial charge is 0.271 e. The van der Waals surface area contributed by atoms with Crippen molar-refractivity contribution >= 4 is 0 Å². The molecule has 0 fully saturated rings. The van der Waals surface area contributed by atoms with Crippen molar-refractivity contribution in [3.63, 3.8) is 0 Å². The number of hydrogen-bond acceptors (Lipinski definition) is 2. The van der Waals surface area contributed by atoms with E-state index in [9.17, 15) is 0 Å². The number of hydrazine groups is 1. The van der Waals surface area contributed by atoms with Gasteiger partial charge < -0.3 is 0 Å². The van der Waals surface area contributed by atoms with E-state index in [0.29, 0.717) is 12.0 Å². The Morgan fingerprint density at radius 3 is 2.38 bits per heavy atom. The van der Waals surface area contributed by atoms with Gasteiger partial charge in [0.2, 0.25) is 0 Å². The minimum atomic E-state index is 0.326. The van der Waals surface area contributed by atoms with Gasteiger partial charge in [-0.25, -0.2) is 0 Å². The molecule has 2 heteroatoms. The molecule has 13 heavy (non-hydrogen) atoms. The Bertz CT molecular complexity index is 233. The summed E-state index contributed by atoms with van der Waals surface area (Å²) in [5.41, 5.74) is 4.17. The van der Waals surface area contributed by atoms with Crippen molar-refractivity contribution in [2.45, 2.75) is 32.2 Å². The van der Waals surface area contributed by atoms with E-state index >= 15 is 0 Å². The first-order chi connectivity index (χ1) is 6.29. The molecule has 0 amide bonds. The number of hydrogen-bond donors (Lipinski definition) is 2. The maximum absolute atomic E-state index is 5.44. The highest BCUT2D eigenvalue weighted by Gasteiger charge is 2.15. The quantitative estimate of drug-likeness (QED) is 0.547. The molecule has 0 aliphatic carbocycles. The molecule has 1 aromatic carbocycles. The van der Waals surface area contributed by atoms with Crippen molar-refractivity contribution in [1.82, 2.24) is 5.43 Å². The zero-order valence-corrected chi connectivity index (χ0v) is 8.33. The van der Waals surface area contributed by atoms with E-state index in [0.717, 1.165) is 6.42 Å². The van der Waals surface area contributed by atoms with Crippen LogP contribution < -0.4 is 11.3 Å². The molecule has 0 spiro atoms. The second-order valence-electron chi connectivity index (χ2n) is 3.38. The summed E-state index contributed by atoms with van der Waals surface area (Å²) in [5.74, 6) is 5.94. The van der Waals surface area contributed by atoms with E-state index in [1.807, 2.05) is 6.07 Å². The summed E-state index contributed by atoms with van der Waals surface area (Å²) in [7, 11) is 0. The molecule has 0 radical (unpaired) electrons. The van der Waals surface area contributed by atoms with Crippen LogP contribution in [0.5, 0.6) is 0 Å². The summed E-state index contributed by atoms with van der Waals surface area (Å²) < 4.78 is 0. The highest BCUT2D eigenvalue weighted by atomic mass is 15.2. The van der Waals surface area contributed by atoms with Crippen LogP contribution >= 0.6 is 0 Å². The van der Waals surface area contributed by atoms with Crippen molar-refractivity contribution < 1.29 is 0 Å². The van der Waals surface area contributed by atoms with Crippen molar-refractivity contribution in [3.05, 3.63) is 35.9 Å². The van der Waals surface area contributed by atoms with Crippen LogP contribution in [0.15, 0.2) is 30.3 Å². The van der Waals surface area contributed by atoms with Crippen LogP contribution in [0.1, 0.15) is 31.7 Å². The van der Waals surface area contributed by atoms with Gasteiger partial charge in [0, 0.05) is 12.0 Å². The molecule has 2 unspecified atom stereocenters. The van der Waals surface area contributed by atoms with Crippen molar-refractivity contribution in [1.29, 1.82) is 0 Å². The van der Waals surface area contributed by atoms with Crippen LogP contribution in [0, 0.1) is 0 Å². The number of rotatable bonds is 4. The second-order valence-corrected chi connectivity index (χ2v) is 3.38. The first-order valence-corrected chi connectivity index (χ1v) is 4.80. The fourth-order valence-corrected chi connectivity index (χ4v) is 1.69. The molecule has 1 rings (SSSR count). The lowest BCUT2D eigenvalue weighted by Gasteiger charge is -2.22. The Morgan fingerprint density at radius 1 is 1.31 bits per heavy atom. The molecule has 0 saturated heterocycles. The summed E-state index contributed by atoms with van der Waals surface area (Å²) in [5, 5.41) is 0. The van der Waals surface area contributed by atoms with Gasteiger partial charge in [-0.1, -0.05) is 37.3 Å². The number of nitrogens with two attached hydrogens (primary N) is 1. The molecule has 72 valence electrons. The molecule has 3 N–H and O–H groups in total. The number of nitrogens with one attached hydrogen (secondary N) is 1. The van der Waals surface area contributed by atoms with E-state index in [1.54, 1.807) is 0 Å². The van der Waals surface area contributed by atoms with Gasteiger partial charge in [0.05, 0.1) is 0 Å². The zero-order valence-electron chi connectivity index (χ0n) is 8.33. The average Bonchev–Trinajstić information content (AvgIpc) is 2.20. The summed E-state index contributed by atoms with van der Waals surface area (Å²) in [6.45, 7) is 4.30. The van der Waals surface area contributed by atoms with Gasteiger partial charge in [-0.3, -0.25) is 11.3 Å². The van der Waals surface area contributed by atoms with Crippen molar-refractivity contribution in [3.8, 4) is 0 Å². The molecular formula is C11H18N2. The first-order valence-electron chi connectivity index (χ1n) is 4.80. The fourth-order valence-electron chi connectivity index (χ4n) is 1.69. The summed E-state index contributed by atoms with van der Waals surface area (Å²) >= 11 is 0. The smallest absolute Gasteiger partial charge is 0.0250 e. The topological polar surface area (TPSA) is 38.0 Å². The Labute approximate surface area is 80.1 Å². The van der Waals surface area contributed by atoms with Crippen molar-refractivity contribution in [2.24, 2.45) is 5.84 Å². The highest BCUT2D eigenvalue weighted by molar-refractivity contribution is 5.20. The molecule has 0 aliphatic heterocycles. The highest BCUT2D eigenvalue weighted by Crippen LogP contribution is 2.22. The molecular weight excluding hydrogens is 160 g/mol. The molecule has 2 nitrogen and oxygen atoms in total. The molecule has 0 bridgehead atoms. The maximum atomic E-state index is 5.44. The predicted octanol–water partition coefficient (Wildman–Crippen LogP) is 2.03. The van der Waals surface area contributed by atoms with E-state index in [-0.39, 0.29) is 0 Å². The third-order valence-corrected chi connectivity index (χ3v) is 2.53. The first kappa shape index (κ1) is 10.2. The summed E-state index contributed by atoms with van der Waals surface area (Å²) in [6, 6.07) is 10.8. The summed E-state index contributed by atoms with van der Waals surface area (Å²) in [4.78, 5) is 0. The fraction of sp³-hybridized carbons (Fsp3) is 0.455. The Morgan fingerprint density at radius 2 is 1.92 bits per heavy atom. The zero-order chi connectivity index (χ0) is 9.68. The van der Waals surface area contributed by atoms with Gasteiger partial charge in [0.1, 0.15) is 0 Å². The Balaban J connectivity index is 2.78. The lowest BCUT2D eigenvalue weighted by Crippen LogP contribution is -2.37. The molecule has 1 aromatic rings. The van der Waals surface area contributed by atoms with Crippen molar-refractivity contribution in [2.75, 3.05) is 0 Å². The van der Waals surface area contributed by atoms with Gasteiger partial charge in [-0.2, -0.15) is 0 Å². The molecule has 0 heterocycles. The molecule has 0 aromatic heterocycles. The molecule has 0 aliphatic rings. The van der Waals surface area contributed by atoms with E-state index in [4.69, 9.17) is 5.84 Å². The molecule has 0 saturated carbocycles. The van der Waals surface area contributed by atoms with Gasteiger partial charge >= 0.3 is 0 Å². The van der Waals surface area contributed by atoms with Crippen LogP contribution in [0.25, 0.3) is 0 Å². The van der Waals surface area contributed by atoms with Crippen LogP contribution in [0.2, 0.25) is 0 Å². The predicted molar refractivity (Wildman–Crippen MR) is 56.3 cm³/mol. The van der Waals surface area contributed by atoms with Crippen LogP contribution in [0.4, 0.5) is 0 Å². The number of benzene rings is 1. The minimum absolute atomic E-state index is 0.326. The van der Waals surface area contributed by atoms with Gasteiger partial charge in [-0.15, -0.1) is 0 Å². The normalized spacial score (nSPS) is 15.3. The lowest BCUT2D eigenvalue weighted by atomic mass is 9.90. The van der Waals surface area contributed by atoms with Crippen LogP contribution in [0.3, 0.4) is 0 Å².